The van der Waals surface area contributed by atoms with Crippen LogP contribution in [0.3, 0.4) is 0 Å². The summed E-state index contributed by atoms with van der Waals surface area (Å²) in [5, 5.41) is 10.0. The van der Waals surface area contributed by atoms with Crippen molar-refractivity contribution >= 4 is 0 Å². The van der Waals surface area contributed by atoms with E-state index in [1.165, 1.54) is 5.56 Å². The van der Waals surface area contributed by atoms with Gasteiger partial charge in [-0.25, -0.2) is 0 Å². The maximum Gasteiger partial charge on any atom is 0.0827 e. The van der Waals surface area contributed by atoms with E-state index in [4.69, 9.17) is 0 Å². The van der Waals surface area contributed by atoms with Gasteiger partial charge >= 0.3 is 0 Å². The summed E-state index contributed by atoms with van der Waals surface area (Å²) in [5.74, 6) is 0.378. The van der Waals surface area contributed by atoms with Gasteiger partial charge in [-0.2, -0.15) is 0 Å². The van der Waals surface area contributed by atoms with E-state index in [0.29, 0.717) is 5.92 Å². The minimum absolute atomic E-state index is 0.262. The molecule has 2 rings (SSSR count). The molecule has 1 aliphatic carbocycles. The van der Waals surface area contributed by atoms with Crippen LogP contribution in [-0.4, -0.2) is 5.11 Å². The van der Waals surface area contributed by atoms with Gasteiger partial charge in [0.1, 0.15) is 0 Å². The second kappa shape index (κ2) is 3.97. The molecule has 2 atom stereocenters. The number of benzene rings is 1. The second-order valence-electron chi connectivity index (χ2n) is 3.91. The van der Waals surface area contributed by atoms with Crippen LogP contribution >= 0.6 is 0 Å². The lowest BCUT2D eigenvalue weighted by atomic mass is 9.99. The Labute approximate surface area is 85.1 Å². The van der Waals surface area contributed by atoms with Crippen LogP contribution in [-0.2, 0) is 6.42 Å². The summed E-state index contributed by atoms with van der Waals surface area (Å²) >= 11 is 0. The van der Waals surface area contributed by atoms with Gasteiger partial charge in [0.2, 0.25) is 0 Å². The highest BCUT2D eigenvalue weighted by atomic mass is 16.3. The molecule has 2 unspecified atom stereocenters. The molecule has 0 radical (unpaired) electrons. The molecule has 0 aromatic heterocycles. The second-order valence-corrected chi connectivity index (χ2v) is 3.91. The zero-order valence-corrected chi connectivity index (χ0v) is 8.48. The average Bonchev–Trinajstić information content (AvgIpc) is 2.54. The van der Waals surface area contributed by atoms with E-state index in [9.17, 15) is 5.11 Å². The Kier molecular flexibility index (Phi) is 2.69. The summed E-state index contributed by atoms with van der Waals surface area (Å²) < 4.78 is 0. The first kappa shape index (κ1) is 9.47. The van der Waals surface area contributed by atoms with Gasteiger partial charge in [-0.1, -0.05) is 36.4 Å². The van der Waals surface area contributed by atoms with Crippen molar-refractivity contribution in [1.29, 1.82) is 0 Å². The molecule has 0 saturated carbocycles. The SMILES string of the molecule is C/C=C/CC1Cc2ccccc2C1O. The highest BCUT2D eigenvalue weighted by molar-refractivity contribution is 5.34. The Hall–Kier alpha value is -1.08. The fourth-order valence-electron chi connectivity index (χ4n) is 2.18. The van der Waals surface area contributed by atoms with Crippen molar-refractivity contribution in [1.82, 2.24) is 0 Å². The maximum absolute atomic E-state index is 10.0. The van der Waals surface area contributed by atoms with Gasteiger partial charge in [0.15, 0.2) is 0 Å². The Morgan fingerprint density at radius 3 is 2.93 bits per heavy atom. The van der Waals surface area contributed by atoms with Crippen LogP contribution in [0.15, 0.2) is 36.4 Å². The van der Waals surface area contributed by atoms with E-state index in [0.717, 1.165) is 18.4 Å². The summed E-state index contributed by atoms with van der Waals surface area (Å²) in [6, 6.07) is 8.20. The van der Waals surface area contributed by atoms with Gasteiger partial charge in [-0.3, -0.25) is 0 Å². The van der Waals surface area contributed by atoms with Crippen molar-refractivity contribution in [2.75, 3.05) is 0 Å². The Balaban J connectivity index is 2.17. The van der Waals surface area contributed by atoms with Crippen LogP contribution in [0, 0.1) is 5.92 Å². The summed E-state index contributed by atoms with van der Waals surface area (Å²) in [4.78, 5) is 0. The molecule has 1 heteroatoms. The van der Waals surface area contributed by atoms with Crippen LogP contribution in [0.5, 0.6) is 0 Å². The molecule has 0 saturated heterocycles. The van der Waals surface area contributed by atoms with Gasteiger partial charge in [-0.05, 0) is 36.8 Å². The Morgan fingerprint density at radius 2 is 2.21 bits per heavy atom. The van der Waals surface area contributed by atoms with Crippen molar-refractivity contribution in [3.05, 3.63) is 47.5 Å². The van der Waals surface area contributed by atoms with E-state index in [1.807, 2.05) is 25.1 Å². The predicted octanol–water partition coefficient (Wildman–Crippen LogP) is 2.86. The molecule has 0 fully saturated rings. The van der Waals surface area contributed by atoms with Gasteiger partial charge in [-0.15, -0.1) is 0 Å². The first-order valence-electron chi connectivity index (χ1n) is 5.20. The molecule has 0 bridgehead atoms. The molecule has 1 aromatic rings. The number of fused-ring (bicyclic) bond motifs is 1. The Morgan fingerprint density at radius 1 is 1.43 bits per heavy atom. The quantitative estimate of drug-likeness (QED) is 0.707. The largest absolute Gasteiger partial charge is 0.388 e. The number of aliphatic hydroxyl groups excluding tert-OH is 1. The first-order valence-corrected chi connectivity index (χ1v) is 5.20. The summed E-state index contributed by atoms with van der Waals surface area (Å²) in [5.41, 5.74) is 2.44. The average molecular weight is 188 g/mol. The molecule has 0 aliphatic heterocycles. The van der Waals surface area contributed by atoms with Crippen LogP contribution in [0.2, 0.25) is 0 Å². The monoisotopic (exact) mass is 188 g/mol. The highest BCUT2D eigenvalue weighted by Crippen LogP contribution is 2.37. The maximum atomic E-state index is 10.0. The number of rotatable bonds is 2. The number of hydrogen-bond donors (Lipinski definition) is 1. The molecule has 74 valence electrons. The van der Waals surface area contributed by atoms with Crippen molar-refractivity contribution in [2.24, 2.45) is 5.92 Å². The molecule has 14 heavy (non-hydrogen) atoms. The summed E-state index contributed by atoms with van der Waals surface area (Å²) in [6.07, 6.45) is 5.92. The molecule has 0 spiro atoms. The lowest BCUT2D eigenvalue weighted by Crippen LogP contribution is -2.05. The fraction of sp³-hybridized carbons (Fsp3) is 0.385. The smallest absolute Gasteiger partial charge is 0.0827 e. The van der Waals surface area contributed by atoms with Gasteiger partial charge in [0, 0.05) is 0 Å². The minimum atomic E-state index is -0.262. The van der Waals surface area contributed by atoms with Crippen LogP contribution in [0.4, 0.5) is 0 Å². The molecule has 1 N–H and O–H groups in total. The third-order valence-corrected chi connectivity index (χ3v) is 2.98. The van der Waals surface area contributed by atoms with E-state index < -0.39 is 0 Å². The number of hydrogen-bond acceptors (Lipinski definition) is 1. The topological polar surface area (TPSA) is 20.2 Å². The van der Waals surface area contributed by atoms with Crippen molar-refractivity contribution in [3.63, 3.8) is 0 Å². The van der Waals surface area contributed by atoms with Crippen LogP contribution in [0.1, 0.15) is 30.6 Å². The fourth-order valence-corrected chi connectivity index (χ4v) is 2.18. The van der Waals surface area contributed by atoms with Crippen LogP contribution in [0.25, 0.3) is 0 Å². The summed E-state index contributed by atoms with van der Waals surface area (Å²) in [6.45, 7) is 2.02. The van der Waals surface area contributed by atoms with Gasteiger partial charge in [0.25, 0.3) is 0 Å². The van der Waals surface area contributed by atoms with E-state index >= 15 is 0 Å². The normalized spacial score (nSPS) is 25.6. The van der Waals surface area contributed by atoms with Gasteiger partial charge in [0.05, 0.1) is 6.10 Å². The van der Waals surface area contributed by atoms with Crippen molar-refractivity contribution < 1.29 is 5.11 Å². The minimum Gasteiger partial charge on any atom is -0.388 e. The lowest BCUT2D eigenvalue weighted by molar-refractivity contribution is 0.125. The molecule has 1 nitrogen and oxygen atoms in total. The third kappa shape index (κ3) is 1.60. The number of aliphatic hydroxyl groups is 1. The summed E-state index contributed by atoms with van der Waals surface area (Å²) in [7, 11) is 0. The van der Waals surface area contributed by atoms with Crippen LogP contribution < -0.4 is 0 Å². The molecule has 1 aliphatic rings. The standard InChI is InChI=1S/C13H16O/c1-2-3-6-11-9-10-7-4-5-8-12(10)13(11)14/h2-5,7-8,11,13-14H,6,9H2,1H3/b3-2+. The van der Waals surface area contributed by atoms with Gasteiger partial charge < -0.3 is 5.11 Å². The number of allylic oxidation sites excluding steroid dienone is 2. The molecular formula is C13H16O. The van der Waals surface area contributed by atoms with Crippen molar-refractivity contribution in [2.45, 2.75) is 25.9 Å². The highest BCUT2D eigenvalue weighted by Gasteiger charge is 2.29. The van der Waals surface area contributed by atoms with E-state index in [-0.39, 0.29) is 6.10 Å². The Bertz CT molecular complexity index is 341. The van der Waals surface area contributed by atoms with E-state index in [1.54, 1.807) is 0 Å². The van der Waals surface area contributed by atoms with Crippen molar-refractivity contribution in [3.8, 4) is 0 Å². The lowest BCUT2D eigenvalue weighted by Gasteiger charge is -2.12. The first-order chi connectivity index (χ1) is 6.83. The predicted molar refractivity (Wildman–Crippen MR) is 58.0 cm³/mol. The zero-order valence-electron chi connectivity index (χ0n) is 8.48. The molecule has 1 aromatic carbocycles. The molecule has 0 heterocycles. The molecule has 0 amide bonds. The zero-order chi connectivity index (χ0) is 9.97. The van der Waals surface area contributed by atoms with E-state index in [2.05, 4.69) is 18.2 Å². The third-order valence-electron chi connectivity index (χ3n) is 2.98. The molecular weight excluding hydrogens is 172 g/mol.